The number of nitrogens with one attached hydrogen (secondary N) is 2. The van der Waals surface area contributed by atoms with E-state index >= 15 is 0 Å². The van der Waals surface area contributed by atoms with Crippen LogP contribution < -0.4 is 15.4 Å². The molecule has 1 aromatic rings. The molecule has 0 aliphatic rings. The largest absolute Gasteiger partial charge is 0.494 e. The molecule has 0 radical (unpaired) electrons. The lowest BCUT2D eigenvalue weighted by Crippen LogP contribution is -2.39. The van der Waals surface area contributed by atoms with Gasteiger partial charge in [-0.1, -0.05) is 0 Å². The second-order valence-corrected chi connectivity index (χ2v) is 4.71. The van der Waals surface area contributed by atoms with Crippen LogP contribution in [0, 0.1) is 5.82 Å². The smallest absolute Gasteiger partial charge is 0.390 e. The molecule has 0 unspecified atom stereocenters. The molecule has 130 valence electrons. The molecule has 0 aliphatic carbocycles. The molecule has 0 saturated heterocycles. The van der Waals surface area contributed by atoms with Crippen LogP contribution in [0.5, 0.6) is 5.75 Å². The summed E-state index contributed by atoms with van der Waals surface area (Å²) in [6.45, 7) is 2.96. The zero-order chi connectivity index (χ0) is 17.1. The highest BCUT2D eigenvalue weighted by molar-refractivity contribution is 5.79. The molecule has 0 heterocycles. The van der Waals surface area contributed by atoms with Crippen LogP contribution >= 0.6 is 0 Å². The average Bonchev–Trinajstić information content (AvgIpc) is 2.47. The molecule has 0 bridgehead atoms. The maximum absolute atomic E-state index is 12.7. The first-order valence-corrected chi connectivity index (χ1v) is 7.38. The summed E-state index contributed by atoms with van der Waals surface area (Å²) in [5.74, 6) is 0.575. The van der Waals surface area contributed by atoms with E-state index in [1.54, 1.807) is 0 Å². The number of benzene rings is 1. The third-order valence-electron chi connectivity index (χ3n) is 2.70. The third kappa shape index (κ3) is 9.59. The van der Waals surface area contributed by atoms with Crippen LogP contribution in [0.1, 0.15) is 19.8 Å². The van der Waals surface area contributed by atoms with Crippen LogP contribution in [0.25, 0.3) is 0 Å². The van der Waals surface area contributed by atoms with Crippen molar-refractivity contribution in [1.29, 1.82) is 0 Å². The maximum Gasteiger partial charge on any atom is 0.390 e. The minimum Gasteiger partial charge on any atom is -0.494 e. The molecule has 0 atom stereocenters. The van der Waals surface area contributed by atoms with Crippen LogP contribution in [0.3, 0.4) is 0 Å². The highest BCUT2D eigenvalue weighted by atomic mass is 19.4. The van der Waals surface area contributed by atoms with E-state index in [2.05, 4.69) is 15.6 Å². The molecule has 0 aromatic heterocycles. The first-order valence-electron chi connectivity index (χ1n) is 7.38. The van der Waals surface area contributed by atoms with E-state index in [9.17, 15) is 17.6 Å². The normalized spacial score (nSPS) is 12.1. The molecule has 1 aromatic carbocycles. The average molecular weight is 335 g/mol. The van der Waals surface area contributed by atoms with Crippen molar-refractivity contribution >= 4 is 5.96 Å². The zero-order valence-electron chi connectivity index (χ0n) is 12.9. The minimum atomic E-state index is -4.19. The van der Waals surface area contributed by atoms with Gasteiger partial charge in [-0.2, -0.15) is 13.2 Å². The third-order valence-corrected chi connectivity index (χ3v) is 2.70. The molecule has 4 nitrogen and oxygen atoms in total. The molecule has 2 N–H and O–H groups in total. The summed E-state index contributed by atoms with van der Waals surface area (Å²) in [4.78, 5) is 4.17. The van der Waals surface area contributed by atoms with Crippen molar-refractivity contribution in [1.82, 2.24) is 10.6 Å². The monoisotopic (exact) mass is 335 g/mol. The fraction of sp³-hybridized carbons (Fsp3) is 0.533. The van der Waals surface area contributed by atoms with E-state index in [0.717, 1.165) is 0 Å². The lowest BCUT2D eigenvalue weighted by Gasteiger charge is -2.12. The van der Waals surface area contributed by atoms with Gasteiger partial charge in [0.05, 0.1) is 13.0 Å². The van der Waals surface area contributed by atoms with Gasteiger partial charge in [0.25, 0.3) is 0 Å². The highest BCUT2D eigenvalue weighted by Gasteiger charge is 2.26. The second kappa shape index (κ2) is 9.91. The summed E-state index contributed by atoms with van der Waals surface area (Å²) < 4.78 is 54.4. The van der Waals surface area contributed by atoms with Crippen LogP contribution in [-0.2, 0) is 0 Å². The van der Waals surface area contributed by atoms with Crippen molar-refractivity contribution in [2.45, 2.75) is 25.9 Å². The van der Waals surface area contributed by atoms with E-state index in [4.69, 9.17) is 4.74 Å². The molecule has 0 saturated carbocycles. The number of alkyl halides is 3. The lowest BCUT2D eigenvalue weighted by molar-refractivity contribution is -0.132. The summed E-state index contributed by atoms with van der Waals surface area (Å²) in [7, 11) is 0. The Kier molecular flexibility index (Phi) is 8.21. The molecule has 0 fully saturated rings. The lowest BCUT2D eigenvalue weighted by atomic mass is 10.3. The Bertz CT molecular complexity index is 475. The van der Waals surface area contributed by atoms with E-state index in [1.165, 1.54) is 24.3 Å². The molecular weight excluding hydrogens is 314 g/mol. The van der Waals surface area contributed by atoms with Crippen molar-refractivity contribution < 1.29 is 22.3 Å². The van der Waals surface area contributed by atoms with Gasteiger partial charge in [0.1, 0.15) is 11.6 Å². The van der Waals surface area contributed by atoms with Crippen molar-refractivity contribution in [3.8, 4) is 5.75 Å². The Balaban J connectivity index is 2.26. The molecule has 0 spiro atoms. The van der Waals surface area contributed by atoms with E-state index < -0.39 is 12.6 Å². The highest BCUT2D eigenvalue weighted by Crippen LogP contribution is 2.18. The second-order valence-electron chi connectivity index (χ2n) is 4.71. The molecule has 8 heteroatoms. The van der Waals surface area contributed by atoms with Crippen molar-refractivity contribution in [2.75, 3.05) is 26.2 Å². The van der Waals surface area contributed by atoms with Gasteiger partial charge in [-0.15, -0.1) is 0 Å². The number of guanidine groups is 1. The minimum absolute atomic E-state index is 0.221. The summed E-state index contributed by atoms with van der Waals surface area (Å²) in [5.41, 5.74) is 0. The van der Waals surface area contributed by atoms with Crippen LogP contribution in [0.4, 0.5) is 17.6 Å². The number of hydrogen-bond donors (Lipinski definition) is 2. The Morgan fingerprint density at radius 2 is 1.87 bits per heavy atom. The SMILES string of the molecule is CCNC(=NCCCOc1ccc(F)cc1)NCCC(F)(F)F. The number of nitrogens with zero attached hydrogens (tertiary/aromatic N) is 1. The van der Waals surface area contributed by atoms with Gasteiger partial charge >= 0.3 is 6.18 Å². The number of rotatable bonds is 8. The summed E-state index contributed by atoms with van der Waals surface area (Å²) in [5, 5.41) is 5.50. The van der Waals surface area contributed by atoms with Gasteiger partial charge in [0.2, 0.25) is 0 Å². The topological polar surface area (TPSA) is 45.7 Å². The Hall–Kier alpha value is -1.99. The van der Waals surface area contributed by atoms with E-state index in [0.29, 0.717) is 37.8 Å². The van der Waals surface area contributed by atoms with Gasteiger partial charge in [0.15, 0.2) is 5.96 Å². The predicted octanol–water partition coefficient (Wildman–Crippen LogP) is 3.10. The van der Waals surface area contributed by atoms with Gasteiger partial charge in [-0.25, -0.2) is 4.39 Å². The molecule has 0 amide bonds. The summed E-state index contributed by atoms with van der Waals surface area (Å²) >= 11 is 0. The van der Waals surface area contributed by atoms with Gasteiger partial charge < -0.3 is 15.4 Å². The van der Waals surface area contributed by atoms with Crippen molar-refractivity contribution in [3.63, 3.8) is 0 Å². The summed E-state index contributed by atoms with van der Waals surface area (Å²) in [6.07, 6.45) is -4.51. The first kappa shape index (κ1) is 19.1. The predicted molar refractivity (Wildman–Crippen MR) is 81.2 cm³/mol. The zero-order valence-corrected chi connectivity index (χ0v) is 12.9. The Morgan fingerprint density at radius 3 is 2.48 bits per heavy atom. The fourth-order valence-corrected chi connectivity index (χ4v) is 1.64. The van der Waals surface area contributed by atoms with Crippen LogP contribution in [0.15, 0.2) is 29.3 Å². The summed E-state index contributed by atoms with van der Waals surface area (Å²) in [6, 6.07) is 5.67. The molecular formula is C15H21F4N3O. The van der Waals surface area contributed by atoms with Crippen LogP contribution in [-0.4, -0.2) is 38.4 Å². The van der Waals surface area contributed by atoms with Gasteiger partial charge in [-0.05, 0) is 31.2 Å². The number of aliphatic imine (C=N–C) groups is 1. The Labute approximate surface area is 132 Å². The maximum atomic E-state index is 12.7. The first-order chi connectivity index (χ1) is 10.9. The molecule has 1 rings (SSSR count). The van der Waals surface area contributed by atoms with E-state index in [-0.39, 0.29) is 12.4 Å². The van der Waals surface area contributed by atoms with E-state index in [1.807, 2.05) is 6.92 Å². The Morgan fingerprint density at radius 1 is 1.17 bits per heavy atom. The van der Waals surface area contributed by atoms with Crippen molar-refractivity contribution in [2.24, 2.45) is 4.99 Å². The van der Waals surface area contributed by atoms with Crippen LogP contribution in [0.2, 0.25) is 0 Å². The fourth-order valence-electron chi connectivity index (χ4n) is 1.64. The number of halogens is 4. The standard InChI is InChI=1S/C15H21F4N3O/c1-2-20-14(22-10-8-15(17,18)19)21-9-3-11-23-13-6-4-12(16)5-7-13/h4-7H,2-3,8-11H2,1H3,(H2,20,21,22). The molecule has 23 heavy (non-hydrogen) atoms. The van der Waals surface area contributed by atoms with Gasteiger partial charge in [0, 0.05) is 26.1 Å². The van der Waals surface area contributed by atoms with Gasteiger partial charge in [-0.3, -0.25) is 4.99 Å². The molecule has 0 aliphatic heterocycles. The number of hydrogen-bond acceptors (Lipinski definition) is 2. The quantitative estimate of drug-likeness (QED) is 0.332. The van der Waals surface area contributed by atoms with Crippen molar-refractivity contribution in [3.05, 3.63) is 30.1 Å². The number of ether oxygens (including phenoxy) is 1.